The van der Waals surface area contributed by atoms with E-state index in [9.17, 15) is 4.79 Å². The molecule has 0 aliphatic carbocycles. The van der Waals surface area contributed by atoms with E-state index in [1.54, 1.807) is 30.9 Å². The lowest BCUT2D eigenvalue weighted by Gasteiger charge is -1.91. The number of halogens is 1. The number of nitrogens with zero attached hydrogens (tertiary/aromatic N) is 1. The Balaban J connectivity index is 0.000000187. The summed E-state index contributed by atoms with van der Waals surface area (Å²) in [6, 6.07) is 6.02. The van der Waals surface area contributed by atoms with Crippen LogP contribution in [0.25, 0.3) is 0 Å². The first kappa shape index (κ1) is 11.3. The van der Waals surface area contributed by atoms with Gasteiger partial charge in [-0.3, -0.25) is 0 Å². The number of H-pyrrole nitrogens is 1. The van der Waals surface area contributed by atoms with Crippen LogP contribution in [0.3, 0.4) is 0 Å². The zero-order valence-electron chi connectivity index (χ0n) is 7.72. The van der Waals surface area contributed by atoms with Gasteiger partial charge in [0.05, 0.1) is 11.9 Å². The molecule has 2 aromatic rings. The molecule has 0 saturated heterocycles. The van der Waals surface area contributed by atoms with Crippen molar-refractivity contribution in [2.75, 3.05) is 0 Å². The number of aromatic carboxylic acids is 1. The average molecular weight is 225 g/mol. The summed E-state index contributed by atoms with van der Waals surface area (Å²) >= 11 is 5.52. The molecule has 0 saturated carbocycles. The molecule has 78 valence electrons. The van der Waals surface area contributed by atoms with Crippen molar-refractivity contribution in [3.63, 3.8) is 0 Å². The maximum Gasteiger partial charge on any atom is 0.335 e. The predicted molar refractivity (Wildman–Crippen MR) is 57.0 cm³/mol. The zero-order valence-corrected chi connectivity index (χ0v) is 8.48. The Morgan fingerprint density at radius 3 is 2.33 bits per heavy atom. The summed E-state index contributed by atoms with van der Waals surface area (Å²) in [5.74, 6) is -0.934. The molecule has 1 aromatic carbocycles. The monoisotopic (exact) mass is 224 g/mol. The van der Waals surface area contributed by atoms with E-state index >= 15 is 0 Å². The maximum atomic E-state index is 10.3. The molecule has 0 fully saturated rings. The second-order valence-corrected chi connectivity index (χ2v) is 3.01. The Bertz CT molecular complexity index is 381. The molecule has 1 heterocycles. The first-order valence-corrected chi connectivity index (χ1v) is 4.49. The van der Waals surface area contributed by atoms with E-state index in [-0.39, 0.29) is 5.56 Å². The third-order valence-electron chi connectivity index (χ3n) is 1.50. The van der Waals surface area contributed by atoms with E-state index in [4.69, 9.17) is 16.7 Å². The van der Waals surface area contributed by atoms with Crippen molar-refractivity contribution >= 4 is 17.6 Å². The zero-order chi connectivity index (χ0) is 11.1. The van der Waals surface area contributed by atoms with Gasteiger partial charge in [-0.2, -0.15) is 0 Å². The summed E-state index contributed by atoms with van der Waals surface area (Å²) in [6.07, 6.45) is 5.08. The Labute approximate surface area is 91.5 Å². The van der Waals surface area contributed by atoms with Crippen molar-refractivity contribution in [3.05, 3.63) is 53.6 Å². The highest BCUT2D eigenvalue weighted by Crippen LogP contribution is 2.08. The number of aromatic nitrogens is 2. The van der Waals surface area contributed by atoms with Gasteiger partial charge >= 0.3 is 5.97 Å². The number of carbonyl (C=O) groups is 1. The molecule has 4 nitrogen and oxygen atoms in total. The van der Waals surface area contributed by atoms with Crippen LogP contribution in [0.15, 0.2) is 43.0 Å². The van der Waals surface area contributed by atoms with Crippen LogP contribution in [0.5, 0.6) is 0 Å². The molecule has 15 heavy (non-hydrogen) atoms. The fourth-order valence-electron chi connectivity index (χ4n) is 0.808. The molecule has 0 radical (unpaired) electrons. The summed E-state index contributed by atoms with van der Waals surface area (Å²) in [4.78, 5) is 16.7. The molecule has 0 aliphatic heterocycles. The van der Waals surface area contributed by atoms with Crippen molar-refractivity contribution in [2.24, 2.45) is 0 Å². The van der Waals surface area contributed by atoms with Crippen molar-refractivity contribution in [2.45, 2.75) is 0 Å². The maximum absolute atomic E-state index is 10.3. The van der Waals surface area contributed by atoms with E-state index in [1.807, 2.05) is 0 Å². The molecule has 2 N–H and O–H groups in total. The molecular formula is C10H9ClN2O2. The highest BCUT2D eigenvalue weighted by atomic mass is 35.5. The number of hydrogen-bond donors (Lipinski definition) is 2. The third kappa shape index (κ3) is 4.28. The molecular weight excluding hydrogens is 216 g/mol. The van der Waals surface area contributed by atoms with Gasteiger partial charge in [0, 0.05) is 17.4 Å². The van der Waals surface area contributed by atoms with Gasteiger partial charge in [0.25, 0.3) is 0 Å². The van der Waals surface area contributed by atoms with Crippen LogP contribution in [0, 0.1) is 0 Å². The fourth-order valence-corrected chi connectivity index (χ4v) is 0.934. The Morgan fingerprint density at radius 2 is 2.00 bits per heavy atom. The minimum atomic E-state index is -0.934. The van der Waals surface area contributed by atoms with Crippen LogP contribution in [-0.2, 0) is 0 Å². The van der Waals surface area contributed by atoms with E-state index in [0.717, 1.165) is 0 Å². The largest absolute Gasteiger partial charge is 0.478 e. The topological polar surface area (TPSA) is 66.0 Å². The second-order valence-electron chi connectivity index (χ2n) is 2.57. The first-order valence-electron chi connectivity index (χ1n) is 4.12. The molecule has 0 aliphatic rings. The molecule has 0 amide bonds. The Hall–Kier alpha value is -1.81. The minimum absolute atomic E-state index is 0.254. The molecule has 0 bridgehead atoms. The fraction of sp³-hybridized carbons (Fsp3) is 0. The van der Waals surface area contributed by atoms with Crippen LogP contribution >= 0.6 is 11.6 Å². The van der Waals surface area contributed by atoms with Gasteiger partial charge in [-0.05, 0) is 24.3 Å². The molecule has 2 rings (SSSR count). The summed E-state index contributed by atoms with van der Waals surface area (Å²) in [5.41, 5.74) is 0.254. The highest BCUT2D eigenvalue weighted by molar-refractivity contribution is 6.30. The highest BCUT2D eigenvalue weighted by Gasteiger charge is 1.99. The normalized spacial score (nSPS) is 8.87. The van der Waals surface area contributed by atoms with Gasteiger partial charge < -0.3 is 10.1 Å². The minimum Gasteiger partial charge on any atom is -0.478 e. The van der Waals surface area contributed by atoms with Gasteiger partial charge in [0.15, 0.2) is 0 Å². The Kier molecular flexibility index (Phi) is 4.37. The van der Waals surface area contributed by atoms with Gasteiger partial charge in [0.1, 0.15) is 0 Å². The quantitative estimate of drug-likeness (QED) is 0.782. The van der Waals surface area contributed by atoms with Gasteiger partial charge in [-0.25, -0.2) is 9.78 Å². The van der Waals surface area contributed by atoms with Crippen molar-refractivity contribution in [3.8, 4) is 0 Å². The van der Waals surface area contributed by atoms with E-state index in [0.29, 0.717) is 5.02 Å². The van der Waals surface area contributed by atoms with Gasteiger partial charge in [0.2, 0.25) is 0 Å². The summed E-state index contributed by atoms with van der Waals surface area (Å²) in [6.45, 7) is 0. The van der Waals surface area contributed by atoms with E-state index in [1.165, 1.54) is 12.1 Å². The summed E-state index contributed by atoms with van der Waals surface area (Å²) < 4.78 is 0. The second kappa shape index (κ2) is 5.82. The van der Waals surface area contributed by atoms with Crippen molar-refractivity contribution in [1.82, 2.24) is 9.97 Å². The number of rotatable bonds is 1. The van der Waals surface area contributed by atoms with E-state index in [2.05, 4.69) is 9.97 Å². The lowest BCUT2D eigenvalue weighted by molar-refractivity contribution is 0.0697. The standard InChI is InChI=1S/C7H5ClO2.C3H4N2/c8-6-3-1-5(2-4-6)7(9)10;1-2-5-3-4-1/h1-4H,(H,9,10);1-3H,(H,4,5). The number of hydrogen-bond acceptors (Lipinski definition) is 2. The van der Waals surface area contributed by atoms with Gasteiger partial charge in [-0.1, -0.05) is 11.6 Å². The SMILES string of the molecule is O=C(O)c1ccc(Cl)cc1.c1c[nH]cn1. The van der Waals surface area contributed by atoms with Crippen LogP contribution in [0.1, 0.15) is 10.4 Å². The number of aromatic amines is 1. The molecule has 5 heteroatoms. The smallest absolute Gasteiger partial charge is 0.335 e. The van der Waals surface area contributed by atoms with Crippen LogP contribution < -0.4 is 0 Å². The third-order valence-corrected chi connectivity index (χ3v) is 1.75. The predicted octanol–water partition coefficient (Wildman–Crippen LogP) is 2.45. The average Bonchev–Trinajstić information content (AvgIpc) is 2.76. The lowest BCUT2D eigenvalue weighted by Crippen LogP contribution is -1.94. The summed E-state index contributed by atoms with van der Waals surface area (Å²) in [7, 11) is 0. The molecule has 1 aromatic heterocycles. The number of imidazole rings is 1. The van der Waals surface area contributed by atoms with Crippen LogP contribution in [0.4, 0.5) is 0 Å². The van der Waals surface area contributed by atoms with Crippen molar-refractivity contribution in [1.29, 1.82) is 0 Å². The Morgan fingerprint density at radius 1 is 1.33 bits per heavy atom. The number of carboxylic acids is 1. The lowest BCUT2D eigenvalue weighted by atomic mass is 10.2. The molecule has 0 atom stereocenters. The van der Waals surface area contributed by atoms with Crippen molar-refractivity contribution < 1.29 is 9.90 Å². The molecule has 0 unspecified atom stereocenters. The van der Waals surface area contributed by atoms with Crippen LogP contribution in [-0.4, -0.2) is 21.0 Å². The van der Waals surface area contributed by atoms with Crippen LogP contribution in [0.2, 0.25) is 5.02 Å². The van der Waals surface area contributed by atoms with E-state index < -0.39 is 5.97 Å². The number of carboxylic acid groups (broad SMARTS) is 1. The molecule has 0 spiro atoms. The number of benzene rings is 1. The number of nitrogens with one attached hydrogen (secondary N) is 1. The first-order chi connectivity index (χ1) is 7.20. The van der Waals surface area contributed by atoms with Gasteiger partial charge in [-0.15, -0.1) is 0 Å². The summed E-state index contributed by atoms with van der Waals surface area (Å²) in [5, 5.41) is 8.98.